The van der Waals surface area contributed by atoms with Gasteiger partial charge in [-0.3, -0.25) is 0 Å². The molecule has 1 rings (SSSR count). The minimum atomic E-state index is -0.513. The van der Waals surface area contributed by atoms with Crippen molar-refractivity contribution in [2.75, 3.05) is 0 Å². The van der Waals surface area contributed by atoms with Gasteiger partial charge in [-0.15, -0.1) is 0 Å². The lowest BCUT2D eigenvalue weighted by Crippen LogP contribution is -2.31. The zero-order valence-corrected chi connectivity index (χ0v) is 10.2. The summed E-state index contributed by atoms with van der Waals surface area (Å²) in [5.41, 5.74) is -0.284. The van der Waals surface area contributed by atoms with Crippen molar-refractivity contribution in [1.82, 2.24) is 0 Å². The number of ether oxygens (including phenoxy) is 2. The Labute approximate surface area is 92.1 Å². The maximum atomic E-state index is 11.5. The molecule has 0 spiro atoms. The van der Waals surface area contributed by atoms with Gasteiger partial charge in [0.25, 0.3) is 0 Å². The summed E-state index contributed by atoms with van der Waals surface area (Å²) in [6.07, 6.45) is 3.60. The first kappa shape index (κ1) is 12.3. The van der Waals surface area contributed by atoms with Crippen LogP contribution in [0.1, 0.15) is 53.4 Å². The third-order valence-corrected chi connectivity index (χ3v) is 3.21. The maximum Gasteiger partial charge on any atom is 0.509 e. The summed E-state index contributed by atoms with van der Waals surface area (Å²) in [7, 11) is 0. The highest BCUT2D eigenvalue weighted by atomic mass is 16.7. The molecule has 1 unspecified atom stereocenters. The van der Waals surface area contributed by atoms with Crippen LogP contribution in [0.2, 0.25) is 0 Å². The van der Waals surface area contributed by atoms with E-state index in [1.807, 2.05) is 27.7 Å². The third kappa shape index (κ3) is 3.73. The van der Waals surface area contributed by atoms with E-state index >= 15 is 0 Å². The molecule has 0 radical (unpaired) electrons. The van der Waals surface area contributed by atoms with Gasteiger partial charge in [-0.25, -0.2) is 4.79 Å². The molecule has 1 fully saturated rings. The highest BCUT2D eigenvalue weighted by Gasteiger charge is 2.33. The molecule has 88 valence electrons. The van der Waals surface area contributed by atoms with Crippen molar-refractivity contribution in [3.63, 3.8) is 0 Å². The lowest BCUT2D eigenvalue weighted by Gasteiger charge is -2.25. The van der Waals surface area contributed by atoms with E-state index in [-0.39, 0.29) is 11.7 Å². The van der Waals surface area contributed by atoms with Crippen molar-refractivity contribution in [1.29, 1.82) is 0 Å². The second-order valence-electron chi connectivity index (χ2n) is 5.08. The zero-order chi connectivity index (χ0) is 11.5. The van der Waals surface area contributed by atoms with Gasteiger partial charge in [0.1, 0.15) is 11.7 Å². The van der Waals surface area contributed by atoms with E-state index in [2.05, 4.69) is 0 Å². The molecular formula is C12H22O3. The summed E-state index contributed by atoms with van der Waals surface area (Å²) in [5.74, 6) is 0.328. The van der Waals surface area contributed by atoms with Gasteiger partial charge in [-0.1, -0.05) is 13.8 Å². The average molecular weight is 214 g/mol. The minimum absolute atomic E-state index is 0.0810. The van der Waals surface area contributed by atoms with Crippen LogP contribution < -0.4 is 0 Å². The predicted octanol–water partition coefficient (Wildman–Crippen LogP) is 3.52. The molecule has 0 aliphatic heterocycles. The van der Waals surface area contributed by atoms with Crippen molar-refractivity contribution < 1.29 is 14.3 Å². The molecule has 1 aliphatic carbocycles. The Kier molecular flexibility index (Phi) is 4.00. The van der Waals surface area contributed by atoms with Crippen molar-refractivity contribution in [3.05, 3.63) is 0 Å². The standard InChI is InChI=1S/C12H22O3/c1-9(2)10(3)14-11(13)15-12(4)7-5-6-8-12/h9-10H,5-8H2,1-4H3. The zero-order valence-electron chi connectivity index (χ0n) is 10.2. The van der Waals surface area contributed by atoms with Crippen molar-refractivity contribution in [2.24, 2.45) is 5.92 Å². The third-order valence-electron chi connectivity index (χ3n) is 3.21. The second kappa shape index (κ2) is 4.86. The van der Waals surface area contributed by atoms with Crippen LogP contribution in [-0.2, 0) is 9.47 Å². The molecule has 15 heavy (non-hydrogen) atoms. The number of hydrogen-bond donors (Lipinski definition) is 0. The summed E-state index contributed by atoms with van der Waals surface area (Å²) in [6, 6.07) is 0. The highest BCUT2D eigenvalue weighted by Crippen LogP contribution is 2.33. The van der Waals surface area contributed by atoms with E-state index in [9.17, 15) is 4.79 Å². The van der Waals surface area contributed by atoms with Gasteiger partial charge in [0.05, 0.1) is 0 Å². The Morgan fingerprint density at radius 2 is 1.73 bits per heavy atom. The summed E-state index contributed by atoms with van der Waals surface area (Å²) in [6.45, 7) is 7.93. The minimum Gasteiger partial charge on any atom is -0.431 e. The molecule has 0 heterocycles. The fourth-order valence-corrected chi connectivity index (χ4v) is 1.74. The number of hydrogen-bond acceptors (Lipinski definition) is 3. The first-order valence-corrected chi connectivity index (χ1v) is 5.82. The quantitative estimate of drug-likeness (QED) is 0.674. The fourth-order valence-electron chi connectivity index (χ4n) is 1.74. The molecule has 0 N–H and O–H groups in total. The molecule has 1 saturated carbocycles. The average Bonchev–Trinajstić information content (AvgIpc) is 2.50. The van der Waals surface area contributed by atoms with Crippen molar-refractivity contribution in [3.8, 4) is 0 Å². The van der Waals surface area contributed by atoms with Gasteiger partial charge in [0.2, 0.25) is 0 Å². The van der Waals surface area contributed by atoms with Crippen LogP contribution in [-0.4, -0.2) is 17.9 Å². The first-order valence-electron chi connectivity index (χ1n) is 5.82. The van der Waals surface area contributed by atoms with E-state index < -0.39 is 6.16 Å². The molecular weight excluding hydrogens is 192 g/mol. The van der Waals surface area contributed by atoms with Crippen LogP contribution in [0.5, 0.6) is 0 Å². The van der Waals surface area contributed by atoms with Crippen LogP contribution in [0.15, 0.2) is 0 Å². The first-order chi connectivity index (χ1) is 6.93. The molecule has 0 aromatic rings. The molecule has 0 bridgehead atoms. The summed E-state index contributed by atoms with van der Waals surface area (Å²) in [4.78, 5) is 11.5. The predicted molar refractivity (Wildman–Crippen MR) is 58.7 cm³/mol. The van der Waals surface area contributed by atoms with Gasteiger partial charge in [0.15, 0.2) is 0 Å². The second-order valence-corrected chi connectivity index (χ2v) is 5.08. The Bertz CT molecular complexity index is 217. The van der Waals surface area contributed by atoms with Gasteiger partial charge in [-0.2, -0.15) is 0 Å². The monoisotopic (exact) mass is 214 g/mol. The normalized spacial score (nSPS) is 21.4. The van der Waals surface area contributed by atoms with Gasteiger partial charge in [0, 0.05) is 0 Å². The maximum absolute atomic E-state index is 11.5. The molecule has 3 heteroatoms. The fraction of sp³-hybridized carbons (Fsp3) is 0.917. The van der Waals surface area contributed by atoms with Crippen LogP contribution >= 0.6 is 0 Å². The Morgan fingerprint density at radius 1 is 1.20 bits per heavy atom. The Morgan fingerprint density at radius 3 is 2.20 bits per heavy atom. The van der Waals surface area contributed by atoms with Crippen LogP contribution in [0.25, 0.3) is 0 Å². The lowest BCUT2D eigenvalue weighted by atomic mass is 10.1. The molecule has 0 amide bonds. The summed E-state index contributed by atoms with van der Waals surface area (Å²) < 4.78 is 10.5. The van der Waals surface area contributed by atoms with Crippen molar-refractivity contribution >= 4 is 6.16 Å². The number of rotatable bonds is 3. The van der Waals surface area contributed by atoms with Crippen LogP contribution in [0.3, 0.4) is 0 Å². The summed E-state index contributed by atoms with van der Waals surface area (Å²) in [5, 5.41) is 0. The molecule has 0 aromatic carbocycles. The molecule has 1 aliphatic rings. The topological polar surface area (TPSA) is 35.5 Å². The van der Waals surface area contributed by atoms with Crippen molar-refractivity contribution in [2.45, 2.75) is 65.1 Å². The van der Waals surface area contributed by atoms with Crippen LogP contribution in [0.4, 0.5) is 4.79 Å². The molecule has 0 saturated heterocycles. The smallest absolute Gasteiger partial charge is 0.431 e. The SMILES string of the molecule is CC(C)C(C)OC(=O)OC1(C)CCCC1. The van der Waals surface area contributed by atoms with Crippen LogP contribution in [0, 0.1) is 5.92 Å². The van der Waals surface area contributed by atoms with E-state index in [0.29, 0.717) is 5.92 Å². The summed E-state index contributed by atoms with van der Waals surface area (Å²) >= 11 is 0. The Balaban J connectivity index is 2.35. The molecule has 0 aromatic heterocycles. The number of carbonyl (C=O) groups excluding carboxylic acids is 1. The van der Waals surface area contributed by atoms with Gasteiger partial charge in [-0.05, 0) is 45.4 Å². The molecule has 3 nitrogen and oxygen atoms in total. The van der Waals surface area contributed by atoms with Gasteiger partial charge < -0.3 is 9.47 Å². The highest BCUT2D eigenvalue weighted by molar-refractivity contribution is 5.60. The lowest BCUT2D eigenvalue weighted by molar-refractivity contribution is -0.0434. The molecule has 1 atom stereocenters. The Hall–Kier alpha value is -0.730. The van der Waals surface area contributed by atoms with Gasteiger partial charge >= 0.3 is 6.16 Å². The van der Waals surface area contributed by atoms with E-state index in [4.69, 9.17) is 9.47 Å². The van der Waals surface area contributed by atoms with E-state index in [1.54, 1.807) is 0 Å². The largest absolute Gasteiger partial charge is 0.509 e. The number of carbonyl (C=O) groups is 1. The van der Waals surface area contributed by atoms with E-state index in [1.165, 1.54) is 0 Å². The van der Waals surface area contributed by atoms with E-state index in [0.717, 1.165) is 25.7 Å².